The first-order valence-electron chi connectivity index (χ1n) is 10.5. The van der Waals surface area contributed by atoms with Gasteiger partial charge in [-0.1, -0.05) is 0 Å². The first-order valence-corrected chi connectivity index (χ1v) is 26.1. The van der Waals surface area contributed by atoms with E-state index in [1.165, 1.54) is 18.1 Å². The molecule has 3 unspecified atom stereocenters. The Balaban J connectivity index is 1.87. The fourth-order valence-corrected chi connectivity index (χ4v) is 70.2. The van der Waals surface area contributed by atoms with E-state index >= 15 is 0 Å². The fourth-order valence-electron chi connectivity index (χ4n) is 3.51. The Kier molecular flexibility index (Phi) is 8.58. The normalized spacial score (nSPS) is 25.4. The van der Waals surface area contributed by atoms with E-state index < -0.39 is 35.7 Å². The molecule has 4 rings (SSSR count). The Bertz CT molecular complexity index is 978. The average molecular weight is 576 g/mol. The van der Waals surface area contributed by atoms with Gasteiger partial charge in [-0.25, -0.2) is 0 Å². The monoisotopic (exact) mass is 576 g/mol. The van der Waals surface area contributed by atoms with Gasteiger partial charge in [0.2, 0.25) is 0 Å². The molecule has 0 radical (unpaired) electrons. The van der Waals surface area contributed by atoms with Gasteiger partial charge in [-0.3, -0.25) is 0 Å². The molecule has 30 heavy (non-hydrogen) atoms. The summed E-state index contributed by atoms with van der Waals surface area (Å²) in [7, 11) is -1.27. The number of allylic oxidation sites excluding steroid dienone is 5. The SMILES string of the molecule is C1=C\C=C\[As](c2ccccc2)[As](c2ccccc2)[As](c2ccccc2)CCC/C=C/1. The van der Waals surface area contributed by atoms with E-state index in [-0.39, 0.29) is 0 Å². The molecule has 0 fully saturated rings. The Morgan fingerprint density at radius 2 is 1.10 bits per heavy atom. The fraction of sp³-hybridized carbons (Fsp3) is 0.111. The van der Waals surface area contributed by atoms with Crippen LogP contribution in [0, 0.1) is 0 Å². The first-order chi connectivity index (χ1) is 14.9. The van der Waals surface area contributed by atoms with Crippen molar-refractivity contribution in [2.45, 2.75) is 18.1 Å². The van der Waals surface area contributed by atoms with E-state index in [4.69, 9.17) is 0 Å². The van der Waals surface area contributed by atoms with Crippen molar-refractivity contribution >= 4 is 48.7 Å². The Hall–Kier alpha value is -1.44. The summed E-state index contributed by atoms with van der Waals surface area (Å²) in [5, 5.41) is 1.42. The molecular formula is C27H27As3. The summed E-state index contributed by atoms with van der Waals surface area (Å²) < 4.78 is 5.01. The molecule has 0 N–H and O–H groups in total. The van der Waals surface area contributed by atoms with Crippen LogP contribution in [0.15, 0.2) is 126 Å². The van der Waals surface area contributed by atoms with Crippen LogP contribution in [0.25, 0.3) is 0 Å². The van der Waals surface area contributed by atoms with Gasteiger partial charge in [0.25, 0.3) is 0 Å². The zero-order chi connectivity index (χ0) is 20.4. The van der Waals surface area contributed by atoms with Crippen LogP contribution >= 0.6 is 0 Å². The van der Waals surface area contributed by atoms with Crippen molar-refractivity contribution < 1.29 is 0 Å². The Morgan fingerprint density at radius 3 is 1.77 bits per heavy atom. The van der Waals surface area contributed by atoms with E-state index in [0.717, 1.165) is 0 Å². The summed E-state index contributed by atoms with van der Waals surface area (Å²) in [4.78, 5) is 2.64. The summed E-state index contributed by atoms with van der Waals surface area (Å²) in [5.74, 6) is 0. The molecule has 0 bridgehead atoms. The summed E-state index contributed by atoms with van der Waals surface area (Å²) in [6.45, 7) is 0. The van der Waals surface area contributed by atoms with Crippen LogP contribution in [0.3, 0.4) is 0 Å². The molecular weight excluding hydrogens is 549 g/mol. The molecule has 0 spiro atoms. The molecule has 0 saturated carbocycles. The van der Waals surface area contributed by atoms with Crippen LogP contribution in [0.2, 0.25) is 5.21 Å². The van der Waals surface area contributed by atoms with Gasteiger partial charge in [0.15, 0.2) is 0 Å². The summed E-state index contributed by atoms with van der Waals surface area (Å²) >= 11 is -2.54. The van der Waals surface area contributed by atoms with Gasteiger partial charge in [0, 0.05) is 0 Å². The zero-order valence-electron chi connectivity index (χ0n) is 17.1. The minimum atomic E-state index is -1.35. The van der Waals surface area contributed by atoms with Crippen molar-refractivity contribution in [3.63, 3.8) is 0 Å². The van der Waals surface area contributed by atoms with Crippen LogP contribution in [0.5, 0.6) is 0 Å². The van der Waals surface area contributed by atoms with Gasteiger partial charge < -0.3 is 0 Å². The average Bonchev–Trinajstić information content (AvgIpc) is 2.81. The van der Waals surface area contributed by atoms with Crippen LogP contribution in [-0.4, -0.2) is 35.7 Å². The maximum absolute atomic E-state index is 2.64. The van der Waals surface area contributed by atoms with Gasteiger partial charge in [0.1, 0.15) is 0 Å². The molecule has 3 atom stereocenters. The molecule has 3 aromatic carbocycles. The molecule has 0 aliphatic carbocycles. The molecule has 1 heterocycles. The van der Waals surface area contributed by atoms with Crippen molar-refractivity contribution in [2.24, 2.45) is 0 Å². The second-order valence-corrected chi connectivity index (χ2v) is 42.6. The van der Waals surface area contributed by atoms with Gasteiger partial charge >= 0.3 is 193 Å². The molecule has 0 aromatic heterocycles. The number of hydrogen-bond acceptors (Lipinski definition) is 0. The third-order valence-corrected chi connectivity index (χ3v) is 60.8. The van der Waals surface area contributed by atoms with Crippen LogP contribution in [0.4, 0.5) is 0 Å². The van der Waals surface area contributed by atoms with Gasteiger partial charge in [0.05, 0.1) is 0 Å². The predicted octanol–water partition coefficient (Wildman–Crippen LogP) is 4.35. The second kappa shape index (κ2) is 11.8. The quantitative estimate of drug-likeness (QED) is 0.407. The number of rotatable bonds is 3. The molecule has 1 aliphatic rings. The summed E-state index contributed by atoms with van der Waals surface area (Å²) in [6, 6.07) is 34.6. The van der Waals surface area contributed by atoms with Crippen LogP contribution in [0.1, 0.15) is 12.8 Å². The van der Waals surface area contributed by atoms with Crippen LogP contribution < -0.4 is 13.1 Å². The molecule has 3 aromatic rings. The minimum absolute atomic E-state index is 1.20. The van der Waals surface area contributed by atoms with E-state index in [1.54, 1.807) is 13.1 Å². The van der Waals surface area contributed by atoms with Gasteiger partial charge in [-0.2, -0.15) is 0 Å². The molecule has 150 valence electrons. The molecule has 3 heteroatoms. The third kappa shape index (κ3) is 5.83. The summed E-state index contributed by atoms with van der Waals surface area (Å²) in [5.41, 5.74) is 0. The maximum atomic E-state index is 2.64. The van der Waals surface area contributed by atoms with Crippen molar-refractivity contribution in [1.29, 1.82) is 0 Å². The van der Waals surface area contributed by atoms with E-state index in [2.05, 4.69) is 126 Å². The van der Waals surface area contributed by atoms with Crippen molar-refractivity contribution in [1.82, 2.24) is 0 Å². The molecule has 0 amide bonds. The topological polar surface area (TPSA) is 0 Å². The third-order valence-electron chi connectivity index (χ3n) is 4.93. The van der Waals surface area contributed by atoms with E-state index in [1.807, 2.05) is 0 Å². The van der Waals surface area contributed by atoms with Crippen LogP contribution in [-0.2, 0) is 0 Å². The number of benzene rings is 3. The van der Waals surface area contributed by atoms with Crippen molar-refractivity contribution in [3.05, 3.63) is 126 Å². The molecule has 0 nitrogen and oxygen atoms in total. The van der Waals surface area contributed by atoms with Crippen molar-refractivity contribution in [2.75, 3.05) is 0 Å². The molecule has 0 saturated heterocycles. The van der Waals surface area contributed by atoms with Gasteiger partial charge in [-0.05, 0) is 0 Å². The first kappa shape index (κ1) is 21.8. The van der Waals surface area contributed by atoms with E-state index in [0.29, 0.717) is 0 Å². The predicted molar refractivity (Wildman–Crippen MR) is 137 cm³/mol. The second-order valence-electron chi connectivity index (χ2n) is 7.06. The Labute approximate surface area is 191 Å². The Morgan fingerprint density at radius 1 is 0.533 bits per heavy atom. The standard InChI is InChI=1S/C27H27As3/c1-2-4-15-23-28(25-17-9-6-10-18-25)30(27-21-13-8-14-22-27)29(24-16-5-3-1)26-19-11-7-12-20-26/h1-4,6-15,17-23H,5,16,24H2/b3-1+,4-2-,23-15+. The zero-order valence-corrected chi connectivity index (χ0v) is 22.7. The number of hydrogen-bond donors (Lipinski definition) is 0. The summed E-state index contributed by atoms with van der Waals surface area (Å²) in [6.07, 6.45) is 13.9. The van der Waals surface area contributed by atoms with Gasteiger partial charge in [-0.15, -0.1) is 0 Å². The van der Waals surface area contributed by atoms with E-state index in [9.17, 15) is 0 Å². The van der Waals surface area contributed by atoms with Crippen molar-refractivity contribution in [3.8, 4) is 0 Å². The molecule has 1 aliphatic heterocycles.